The van der Waals surface area contributed by atoms with Crippen LogP contribution in [0, 0.1) is 6.92 Å². The topological polar surface area (TPSA) is 72.5 Å². The predicted molar refractivity (Wildman–Crippen MR) is 84.9 cm³/mol. The molecule has 128 valence electrons. The molecule has 1 N–H and O–H groups in total. The summed E-state index contributed by atoms with van der Waals surface area (Å²) < 4.78 is 52.7. The average molecular weight is 355 g/mol. The minimum Gasteiger partial charge on any atom is -0.484 e. The Morgan fingerprint density at radius 1 is 1.08 bits per heavy atom. The number of hydrogen-bond donors (Lipinski definition) is 1. The molecule has 2 rings (SSSR count). The number of carbonyl (C=O) groups is 1. The molecule has 1 amide bonds. The van der Waals surface area contributed by atoms with Crippen LogP contribution in [0.2, 0.25) is 0 Å². The number of halogens is 2. The van der Waals surface area contributed by atoms with E-state index in [1.54, 1.807) is 12.1 Å². The van der Waals surface area contributed by atoms with Crippen molar-refractivity contribution in [2.75, 3.05) is 11.9 Å². The molecule has 0 atom stereocenters. The molecule has 0 aromatic heterocycles. The summed E-state index contributed by atoms with van der Waals surface area (Å²) >= 11 is 0. The Bertz CT molecular complexity index is 803. The van der Waals surface area contributed by atoms with Crippen molar-refractivity contribution in [1.82, 2.24) is 0 Å². The SMILES string of the molecule is Cc1ccc(OCC(=O)Nc2ccc(S(=O)(=O)C(F)F)cc2)cc1. The molecule has 0 aliphatic rings. The molecular formula is C16H15F2NO4S. The first-order chi connectivity index (χ1) is 11.3. The zero-order chi connectivity index (χ0) is 17.7. The Labute approximate surface area is 138 Å². The zero-order valence-corrected chi connectivity index (χ0v) is 13.5. The molecule has 0 unspecified atom stereocenters. The van der Waals surface area contributed by atoms with Crippen LogP contribution in [0.5, 0.6) is 5.75 Å². The van der Waals surface area contributed by atoms with Gasteiger partial charge in [0.15, 0.2) is 6.61 Å². The summed E-state index contributed by atoms with van der Waals surface area (Å²) in [5.74, 6) is -3.41. The van der Waals surface area contributed by atoms with E-state index in [-0.39, 0.29) is 12.3 Å². The Kier molecular flexibility index (Phi) is 5.50. The van der Waals surface area contributed by atoms with E-state index < -0.39 is 26.4 Å². The van der Waals surface area contributed by atoms with Crippen molar-refractivity contribution in [2.45, 2.75) is 17.6 Å². The lowest BCUT2D eigenvalue weighted by Crippen LogP contribution is -2.20. The summed E-state index contributed by atoms with van der Waals surface area (Å²) in [6, 6.07) is 11.6. The number of alkyl halides is 2. The highest BCUT2D eigenvalue weighted by Gasteiger charge is 2.26. The monoisotopic (exact) mass is 355 g/mol. The van der Waals surface area contributed by atoms with Crippen LogP contribution >= 0.6 is 0 Å². The number of rotatable bonds is 6. The van der Waals surface area contributed by atoms with E-state index in [1.807, 2.05) is 19.1 Å². The standard InChI is InChI=1S/C16H15F2NO4S/c1-11-2-6-13(7-3-11)23-10-15(20)19-12-4-8-14(9-5-12)24(21,22)16(17)18/h2-9,16H,10H2,1H3,(H,19,20). The summed E-state index contributed by atoms with van der Waals surface area (Å²) in [6.45, 7) is 1.69. The second kappa shape index (κ2) is 7.39. The number of ether oxygens (including phenoxy) is 1. The lowest BCUT2D eigenvalue weighted by atomic mass is 10.2. The molecule has 2 aromatic carbocycles. The van der Waals surface area contributed by atoms with Crippen LogP contribution in [0.3, 0.4) is 0 Å². The fraction of sp³-hybridized carbons (Fsp3) is 0.188. The van der Waals surface area contributed by atoms with E-state index in [9.17, 15) is 22.0 Å². The highest BCUT2D eigenvalue weighted by Crippen LogP contribution is 2.20. The first kappa shape index (κ1) is 17.9. The van der Waals surface area contributed by atoms with Gasteiger partial charge in [-0.05, 0) is 43.3 Å². The van der Waals surface area contributed by atoms with Gasteiger partial charge in [0.05, 0.1) is 4.90 Å². The first-order valence-electron chi connectivity index (χ1n) is 6.90. The van der Waals surface area contributed by atoms with E-state index in [0.29, 0.717) is 5.75 Å². The Balaban J connectivity index is 1.93. The van der Waals surface area contributed by atoms with Gasteiger partial charge in [0.2, 0.25) is 9.84 Å². The third-order valence-electron chi connectivity index (χ3n) is 3.09. The molecule has 0 saturated carbocycles. The van der Waals surface area contributed by atoms with Gasteiger partial charge in [0.25, 0.3) is 5.91 Å². The van der Waals surface area contributed by atoms with Gasteiger partial charge in [-0.3, -0.25) is 4.79 Å². The van der Waals surface area contributed by atoms with Crippen molar-refractivity contribution >= 4 is 21.4 Å². The molecule has 8 heteroatoms. The number of aryl methyl sites for hydroxylation is 1. The summed E-state index contributed by atoms with van der Waals surface area (Å²) in [7, 11) is -4.64. The van der Waals surface area contributed by atoms with Gasteiger partial charge in [-0.25, -0.2) is 8.42 Å². The van der Waals surface area contributed by atoms with Gasteiger partial charge in [-0.15, -0.1) is 0 Å². The Morgan fingerprint density at radius 3 is 2.21 bits per heavy atom. The fourth-order valence-electron chi connectivity index (χ4n) is 1.81. The molecule has 0 aliphatic carbocycles. The number of nitrogens with one attached hydrogen (secondary N) is 1. The van der Waals surface area contributed by atoms with Crippen molar-refractivity contribution in [3.63, 3.8) is 0 Å². The number of amides is 1. The summed E-state index contributed by atoms with van der Waals surface area (Å²) in [4.78, 5) is 11.3. The predicted octanol–water partition coefficient (Wildman–Crippen LogP) is 3.01. The minimum absolute atomic E-state index is 0.236. The molecule has 5 nitrogen and oxygen atoms in total. The Morgan fingerprint density at radius 2 is 1.67 bits per heavy atom. The van der Waals surface area contributed by atoms with Crippen molar-refractivity contribution in [3.05, 3.63) is 54.1 Å². The Hall–Kier alpha value is -2.48. The van der Waals surface area contributed by atoms with Gasteiger partial charge in [-0.1, -0.05) is 17.7 Å². The lowest BCUT2D eigenvalue weighted by molar-refractivity contribution is -0.118. The molecule has 0 heterocycles. The maximum atomic E-state index is 12.4. The maximum Gasteiger partial charge on any atom is 0.341 e. The first-order valence-corrected chi connectivity index (χ1v) is 8.45. The fourth-order valence-corrected chi connectivity index (χ4v) is 2.53. The van der Waals surface area contributed by atoms with Crippen LogP contribution < -0.4 is 10.1 Å². The zero-order valence-electron chi connectivity index (χ0n) is 12.7. The molecule has 0 bridgehead atoms. The van der Waals surface area contributed by atoms with Crippen molar-refractivity contribution < 1.29 is 26.7 Å². The van der Waals surface area contributed by atoms with Crippen LogP contribution in [0.1, 0.15) is 5.56 Å². The second-order valence-electron chi connectivity index (χ2n) is 4.98. The van der Waals surface area contributed by atoms with Crippen LogP contribution in [-0.2, 0) is 14.6 Å². The van der Waals surface area contributed by atoms with E-state index in [2.05, 4.69) is 5.32 Å². The van der Waals surface area contributed by atoms with Crippen molar-refractivity contribution in [3.8, 4) is 5.75 Å². The molecular weight excluding hydrogens is 340 g/mol. The van der Waals surface area contributed by atoms with Crippen LogP contribution in [0.15, 0.2) is 53.4 Å². The van der Waals surface area contributed by atoms with E-state index in [4.69, 9.17) is 4.74 Å². The van der Waals surface area contributed by atoms with Crippen LogP contribution in [-0.4, -0.2) is 26.7 Å². The summed E-state index contributed by atoms with van der Waals surface area (Å²) in [6.07, 6.45) is 0. The second-order valence-corrected chi connectivity index (χ2v) is 6.90. The average Bonchev–Trinajstić information content (AvgIpc) is 2.54. The highest BCUT2D eigenvalue weighted by molar-refractivity contribution is 7.91. The van der Waals surface area contributed by atoms with Gasteiger partial charge < -0.3 is 10.1 Å². The van der Waals surface area contributed by atoms with Crippen molar-refractivity contribution in [1.29, 1.82) is 0 Å². The number of carbonyl (C=O) groups excluding carboxylic acids is 1. The molecule has 0 spiro atoms. The smallest absolute Gasteiger partial charge is 0.341 e. The van der Waals surface area contributed by atoms with Crippen molar-refractivity contribution in [2.24, 2.45) is 0 Å². The summed E-state index contributed by atoms with van der Waals surface area (Å²) in [5.41, 5.74) is 1.34. The molecule has 2 aromatic rings. The maximum absolute atomic E-state index is 12.4. The third-order valence-corrected chi connectivity index (χ3v) is 4.49. The van der Waals surface area contributed by atoms with Crippen LogP contribution in [0.4, 0.5) is 14.5 Å². The molecule has 24 heavy (non-hydrogen) atoms. The normalized spacial score (nSPS) is 11.3. The number of anilines is 1. The number of hydrogen-bond acceptors (Lipinski definition) is 4. The van der Waals surface area contributed by atoms with E-state index in [0.717, 1.165) is 17.7 Å². The van der Waals surface area contributed by atoms with Gasteiger partial charge in [0.1, 0.15) is 5.75 Å². The number of sulfone groups is 1. The highest BCUT2D eigenvalue weighted by atomic mass is 32.2. The largest absolute Gasteiger partial charge is 0.484 e. The molecule has 0 saturated heterocycles. The molecule has 0 radical (unpaired) electrons. The van der Waals surface area contributed by atoms with Gasteiger partial charge in [0, 0.05) is 5.69 Å². The van der Waals surface area contributed by atoms with E-state index >= 15 is 0 Å². The lowest BCUT2D eigenvalue weighted by Gasteiger charge is -2.08. The third kappa shape index (κ3) is 4.51. The number of benzene rings is 2. The quantitative estimate of drug-likeness (QED) is 0.865. The van der Waals surface area contributed by atoms with Gasteiger partial charge >= 0.3 is 5.76 Å². The summed E-state index contributed by atoms with van der Waals surface area (Å²) in [5, 5.41) is 2.49. The molecule has 0 aliphatic heterocycles. The van der Waals surface area contributed by atoms with Crippen LogP contribution in [0.25, 0.3) is 0 Å². The van der Waals surface area contributed by atoms with Gasteiger partial charge in [-0.2, -0.15) is 8.78 Å². The molecule has 0 fully saturated rings. The van der Waals surface area contributed by atoms with E-state index in [1.165, 1.54) is 12.1 Å². The minimum atomic E-state index is -4.64.